The molecule has 0 fully saturated rings. The van der Waals surface area contributed by atoms with E-state index in [1.165, 1.54) is 0 Å². The summed E-state index contributed by atoms with van der Waals surface area (Å²) >= 11 is 0. The smallest absolute Gasteiger partial charge is 1.00 e. The summed E-state index contributed by atoms with van der Waals surface area (Å²) in [6.45, 7) is 0. The molecule has 0 heterocycles. The van der Waals surface area contributed by atoms with Gasteiger partial charge in [-0.1, -0.05) is 0 Å². The summed E-state index contributed by atoms with van der Waals surface area (Å²) in [5.74, 6) is 0. The van der Waals surface area contributed by atoms with Gasteiger partial charge in [0, 0.05) is 82.4 Å². The number of hydrogen-bond donors (Lipinski definition) is 0. The van der Waals surface area contributed by atoms with Gasteiger partial charge in [-0.25, -0.2) is 0 Å². The zero-order valence-corrected chi connectivity index (χ0v) is 10.1. The van der Waals surface area contributed by atoms with Crippen molar-refractivity contribution in [3.63, 3.8) is 0 Å². The molecule has 5 heteroatoms. The van der Waals surface area contributed by atoms with Gasteiger partial charge in [0.05, 0.1) is 0 Å². The van der Waals surface area contributed by atoms with E-state index in [9.17, 15) is 0 Å². The van der Waals surface area contributed by atoms with Gasteiger partial charge in [-0.2, -0.15) is 0 Å². The molecule has 0 aromatic carbocycles. The molecular formula is H2CrCuMgTiZr. The molecule has 0 spiro atoms. The van der Waals surface area contributed by atoms with Gasteiger partial charge in [0.25, 0.3) is 0 Å². The second-order valence-corrected chi connectivity index (χ2v) is 0. The van der Waals surface area contributed by atoms with E-state index in [0.29, 0.717) is 0 Å². The summed E-state index contributed by atoms with van der Waals surface area (Å²) in [7, 11) is 0. The second-order valence-electron chi connectivity index (χ2n) is 0. The van der Waals surface area contributed by atoms with E-state index in [1.54, 1.807) is 0 Å². The quantitative estimate of drug-likeness (QED) is 0.541. The average Bonchev–Trinajstić information content (AvgIpc) is 0. The summed E-state index contributed by atoms with van der Waals surface area (Å²) in [5, 5.41) is 0. The molecule has 0 aromatic heterocycles. The van der Waals surface area contributed by atoms with Crippen molar-refractivity contribution in [2.75, 3.05) is 0 Å². The van der Waals surface area contributed by atoms with Crippen molar-refractivity contribution in [2.45, 2.75) is 0 Å². The van der Waals surface area contributed by atoms with Crippen LogP contribution in [0.2, 0.25) is 0 Å². The van der Waals surface area contributed by atoms with Crippen LogP contribution in [0, 0.1) is 0 Å². The van der Waals surface area contributed by atoms with Crippen molar-refractivity contribution in [1.82, 2.24) is 0 Å². The van der Waals surface area contributed by atoms with E-state index in [0.717, 1.165) is 0 Å². The third kappa shape index (κ3) is 18.6. The molecule has 0 saturated carbocycles. The van der Waals surface area contributed by atoms with Crippen LogP contribution < -0.4 is 0 Å². The first-order chi connectivity index (χ1) is 0. The molecule has 0 unspecified atom stereocenters. The maximum absolute atomic E-state index is 0. The Balaban J connectivity index is 0. The van der Waals surface area contributed by atoms with Crippen LogP contribution in [0.25, 0.3) is 0 Å². The van der Waals surface area contributed by atoms with Crippen LogP contribution >= 0.6 is 0 Å². The minimum absolute atomic E-state index is 0. The van der Waals surface area contributed by atoms with Crippen LogP contribution in [-0.4, -0.2) is 23.1 Å². The van der Waals surface area contributed by atoms with Crippen molar-refractivity contribution in [2.24, 2.45) is 0 Å². The van der Waals surface area contributed by atoms with Crippen LogP contribution in [0.4, 0.5) is 0 Å². The molecule has 0 bridgehead atoms. The maximum atomic E-state index is 0. The molecule has 0 aliphatic rings. The van der Waals surface area contributed by atoms with Crippen molar-refractivity contribution in [1.29, 1.82) is 0 Å². The van der Waals surface area contributed by atoms with Crippen molar-refractivity contribution in [3.8, 4) is 0 Å². The zero-order valence-electron chi connectivity index (χ0n) is 4.42. The molecule has 0 N–H and O–H groups in total. The summed E-state index contributed by atoms with van der Waals surface area (Å²) in [6, 6.07) is 0. The van der Waals surface area contributed by atoms with Crippen LogP contribution in [0.5, 0.6) is 0 Å². The zero-order chi connectivity index (χ0) is 0. The van der Waals surface area contributed by atoms with E-state index >= 15 is 0 Å². The van der Waals surface area contributed by atoms with Gasteiger partial charge in [-0.3, -0.25) is 0 Å². The molecule has 0 aliphatic carbocycles. The largest absolute Gasteiger partial charge is 2.00 e. The Morgan fingerprint density at radius 3 is 1.20 bits per heavy atom. The number of hydrogen-bond acceptors (Lipinski definition) is 0. The van der Waals surface area contributed by atoms with Crippen molar-refractivity contribution >= 4 is 23.1 Å². The van der Waals surface area contributed by atoms with Crippen LogP contribution in [0.15, 0.2) is 0 Å². The topological polar surface area (TPSA) is 0 Å². The molecule has 0 saturated heterocycles. The Kier molecular flexibility index (Phi) is 208. The summed E-state index contributed by atoms with van der Waals surface area (Å²) < 4.78 is 0. The van der Waals surface area contributed by atoms with Gasteiger partial charge in [-0.05, 0) is 0 Å². The molecule has 0 aromatic rings. The molecule has 0 rings (SSSR count). The van der Waals surface area contributed by atoms with E-state index in [4.69, 9.17) is 0 Å². The standard InChI is InChI=1S/Cr.Cu.Mg.Ti.Zr.2H/q;;+2;;;2*-1. The van der Waals surface area contributed by atoms with Gasteiger partial charge in [0.1, 0.15) is 0 Å². The predicted octanol–water partition coefficient (Wildman–Crippen LogP) is -0.166. The Labute approximate surface area is 106 Å². The average molecular weight is 281 g/mol. The van der Waals surface area contributed by atoms with E-state index in [-0.39, 0.29) is 108 Å². The number of rotatable bonds is 0. The van der Waals surface area contributed by atoms with Gasteiger partial charge < -0.3 is 2.85 Å². The molecule has 5 heavy (non-hydrogen) atoms. The Morgan fingerprint density at radius 2 is 1.20 bits per heavy atom. The van der Waals surface area contributed by atoms with E-state index in [1.807, 2.05) is 0 Å². The van der Waals surface area contributed by atoms with Gasteiger partial charge in [0.2, 0.25) is 0 Å². The fourth-order valence-corrected chi connectivity index (χ4v) is 0. The molecule has 0 nitrogen and oxygen atoms in total. The third-order valence-corrected chi connectivity index (χ3v) is 0. The first-order valence-electron chi connectivity index (χ1n) is 0. The summed E-state index contributed by atoms with van der Waals surface area (Å²) in [5.41, 5.74) is 0. The third-order valence-electron chi connectivity index (χ3n) is 0. The first kappa shape index (κ1) is 39.7. The van der Waals surface area contributed by atoms with E-state index in [2.05, 4.69) is 0 Å². The predicted molar refractivity (Wildman–Crippen MR) is 7.98 cm³/mol. The fourth-order valence-electron chi connectivity index (χ4n) is 0. The first-order valence-corrected chi connectivity index (χ1v) is 0. The SMILES string of the molecule is [Cr].[Cu].[H-].[H-].[Mg+2].[Ti].[Zr]. The normalized spacial score (nSPS) is 0. The maximum Gasteiger partial charge on any atom is 2.00 e. The van der Waals surface area contributed by atoms with Crippen LogP contribution in [0.3, 0.4) is 0 Å². The van der Waals surface area contributed by atoms with Gasteiger partial charge in [-0.15, -0.1) is 0 Å². The van der Waals surface area contributed by atoms with Crippen molar-refractivity contribution in [3.05, 3.63) is 0 Å². The van der Waals surface area contributed by atoms with Crippen LogP contribution in [-0.2, 0) is 82.4 Å². The molecule has 29 valence electrons. The van der Waals surface area contributed by atoms with E-state index < -0.39 is 0 Å². The minimum Gasteiger partial charge on any atom is -1.00 e. The van der Waals surface area contributed by atoms with Crippen molar-refractivity contribution < 1.29 is 85.2 Å². The van der Waals surface area contributed by atoms with Gasteiger partial charge >= 0.3 is 23.1 Å². The summed E-state index contributed by atoms with van der Waals surface area (Å²) in [4.78, 5) is 0. The molecule has 1 radical (unpaired) electrons. The molecular weight excluding hydrogens is 279 g/mol. The summed E-state index contributed by atoms with van der Waals surface area (Å²) in [6.07, 6.45) is 0. The molecule has 0 atom stereocenters. The fraction of sp³-hybridized carbons (Fsp3) is 0. The monoisotopic (exact) mass is 279 g/mol. The Bertz CT molecular complexity index is 17.7. The Hall–Kier alpha value is 3.42. The minimum atomic E-state index is 0. The van der Waals surface area contributed by atoms with Crippen LogP contribution in [0.1, 0.15) is 2.85 Å². The molecule has 0 aliphatic heterocycles. The molecule has 0 amide bonds. The second kappa shape index (κ2) is 26.2. The Morgan fingerprint density at radius 1 is 1.20 bits per heavy atom. The van der Waals surface area contributed by atoms with Gasteiger partial charge in [0.15, 0.2) is 0 Å².